The van der Waals surface area contributed by atoms with Gasteiger partial charge in [-0.15, -0.1) is 0 Å². The lowest BCUT2D eigenvalue weighted by Crippen LogP contribution is -2.16. The van der Waals surface area contributed by atoms with Crippen molar-refractivity contribution in [2.24, 2.45) is 11.8 Å². The number of allylic oxidation sites excluding steroid dienone is 1. The fourth-order valence-electron chi connectivity index (χ4n) is 3.20. The van der Waals surface area contributed by atoms with Gasteiger partial charge in [0.25, 0.3) is 5.91 Å². The molecular weight excluding hydrogens is 268 g/mol. The number of rotatable bonds is 3. The van der Waals surface area contributed by atoms with Gasteiger partial charge in [0.15, 0.2) is 0 Å². The second-order valence-corrected chi connectivity index (χ2v) is 5.69. The Bertz CT molecular complexity index is 636. The third-order valence-corrected chi connectivity index (χ3v) is 4.28. The molecule has 0 spiro atoms. The van der Waals surface area contributed by atoms with Crippen LogP contribution in [0.4, 0.5) is 5.69 Å². The first-order valence-corrected chi connectivity index (χ1v) is 7.18. The van der Waals surface area contributed by atoms with Crippen LogP contribution in [0.15, 0.2) is 30.0 Å². The summed E-state index contributed by atoms with van der Waals surface area (Å²) in [5, 5.41) is 15.1. The lowest BCUT2D eigenvalue weighted by molar-refractivity contribution is -0.137. The average Bonchev–Trinajstić information content (AvgIpc) is 2.95. The topological polar surface area (TPSA) is 78.4 Å². The molecule has 5 heteroatoms. The van der Waals surface area contributed by atoms with Crippen LogP contribution in [-0.2, 0) is 9.59 Å². The van der Waals surface area contributed by atoms with E-state index in [2.05, 4.69) is 17.6 Å². The van der Waals surface area contributed by atoms with Gasteiger partial charge in [-0.2, -0.15) is 0 Å². The number of para-hydroxylation sites is 1. The third-order valence-electron chi connectivity index (χ3n) is 4.28. The number of benzene rings is 1. The summed E-state index contributed by atoms with van der Waals surface area (Å²) in [6.07, 6.45) is 0.675. The predicted octanol–water partition coefficient (Wildman–Crippen LogP) is 2.07. The number of hydrogen-bond donors (Lipinski definition) is 3. The van der Waals surface area contributed by atoms with E-state index in [-0.39, 0.29) is 18.2 Å². The maximum absolute atomic E-state index is 12.3. The van der Waals surface area contributed by atoms with E-state index in [0.717, 1.165) is 23.5 Å². The molecule has 0 bridgehead atoms. The third kappa shape index (κ3) is 2.39. The highest BCUT2D eigenvalue weighted by atomic mass is 16.4. The van der Waals surface area contributed by atoms with Crippen LogP contribution in [0.2, 0.25) is 0 Å². The fourth-order valence-corrected chi connectivity index (χ4v) is 3.20. The molecule has 0 aliphatic carbocycles. The van der Waals surface area contributed by atoms with E-state index in [9.17, 15) is 9.59 Å². The number of nitrogens with one attached hydrogen (secondary N) is 2. The Kier molecular flexibility index (Phi) is 3.41. The summed E-state index contributed by atoms with van der Waals surface area (Å²) in [6, 6.07) is 7.60. The molecule has 0 saturated carbocycles. The first-order valence-electron chi connectivity index (χ1n) is 7.18. The predicted molar refractivity (Wildman–Crippen MR) is 79.5 cm³/mol. The monoisotopic (exact) mass is 286 g/mol. The van der Waals surface area contributed by atoms with Crippen LogP contribution < -0.4 is 10.6 Å². The van der Waals surface area contributed by atoms with Gasteiger partial charge in [-0.1, -0.05) is 25.1 Å². The van der Waals surface area contributed by atoms with E-state index < -0.39 is 5.97 Å². The molecule has 2 aliphatic heterocycles. The Morgan fingerprint density at radius 2 is 2.14 bits per heavy atom. The molecule has 1 saturated heterocycles. The molecule has 21 heavy (non-hydrogen) atoms. The van der Waals surface area contributed by atoms with Crippen LogP contribution in [0.5, 0.6) is 0 Å². The lowest BCUT2D eigenvalue weighted by atomic mass is 9.87. The van der Waals surface area contributed by atoms with Gasteiger partial charge in [0.05, 0.1) is 5.57 Å². The molecule has 3 rings (SSSR count). The van der Waals surface area contributed by atoms with E-state index in [1.54, 1.807) is 0 Å². The Morgan fingerprint density at radius 1 is 1.38 bits per heavy atom. The maximum atomic E-state index is 12.3. The zero-order valence-corrected chi connectivity index (χ0v) is 11.8. The summed E-state index contributed by atoms with van der Waals surface area (Å²) in [7, 11) is 0. The van der Waals surface area contributed by atoms with Gasteiger partial charge in [0, 0.05) is 35.8 Å². The first kappa shape index (κ1) is 13.7. The standard InChI is InChI=1S/C16H18N2O3/c1-9-8-17-15(10(9)6-7-13(19)20)14-11-4-2-3-5-12(11)18-16(14)21/h2-5,9-10,17H,6-8H2,1H3,(H,18,21)(H,19,20). The first-order chi connectivity index (χ1) is 10.1. The van der Waals surface area contributed by atoms with Crippen LogP contribution in [-0.4, -0.2) is 23.5 Å². The molecule has 2 unspecified atom stereocenters. The lowest BCUT2D eigenvalue weighted by Gasteiger charge is -2.16. The van der Waals surface area contributed by atoms with Crippen molar-refractivity contribution in [3.63, 3.8) is 0 Å². The quantitative estimate of drug-likeness (QED) is 0.743. The minimum absolute atomic E-state index is 0.0907. The molecule has 1 amide bonds. The smallest absolute Gasteiger partial charge is 0.303 e. The normalized spacial score (nSPS) is 27.2. The van der Waals surface area contributed by atoms with Gasteiger partial charge in [-0.25, -0.2) is 0 Å². The number of fused-ring (bicyclic) bond motifs is 1. The second-order valence-electron chi connectivity index (χ2n) is 5.69. The minimum atomic E-state index is -0.797. The van der Waals surface area contributed by atoms with E-state index in [1.165, 1.54) is 0 Å². The Hall–Kier alpha value is -2.30. The average molecular weight is 286 g/mol. The fraction of sp³-hybridized carbons (Fsp3) is 0.375. The highest BCUT2D eigenvalue weighted by Gasteiger charge is 2.36. The van der Waals surface area contributed by atoms with Crippen LogP contribution in [0.3, 0.4) is 0 Å². The number of aliphatic carboxylic acids is 1. The number of carbonyl (C=O) groups is 2. The Balaban J connectivity index is 2.00. The second kappa shape index (κ2) is 5.24. The summed E-state index contributed by atoms with van der Waals surface area (Å²) in [6.45, 7) is 2.87. The molecule has 1 fully saturated rings. The number of carbonyl (C=O) groups excluding carboxylic acids is 1. The van der Waals surface area contributed by atoms with Crippen molar-refractivity contribution in [1.82, 2.24) is 5.32 Å². The highest BCUT2D eigenvalue weighted by Crippen LogP contribution is 2.39. The van der Waals surface area contributed by atoms with Crippen molar-refractivity contribution in [3.05, 3.63) is 35.5 Å². The van der Waals surface area contributed by atoms with Gasteiger partial charge in [-0.3, -0.25) is 9.59 Å². The van der Waals surface area contributed by atoms with Gasteiger partial charge >= 0.3 is 5.97 Å². The maximum Gasteiger partial charge on any atom is 0.303 e. The Labute approximate surface area is 123 Å². The molecule has 2 heterocycles. The number of hydrogen-bond acceptors (Lipinski definition) is 3. The van der Waals surface area contributed by atoms with Crippen molar-refractivity contribution in [2.75, 3.05) is 11.9 Å². The Morgan fingerprint density at radius 3 is 2.90 bits per heavy atom. The van der Waals surface area contributed by atoms with Crippen LogP contribution in [0.1, 0.15) is 25.3 Å². The number of amides is 1. The van der Waals surface area contributed by atoms with E-state index in [1.807, 2.05) is 24.3 Å². The van der Waals surface area contributed by atoms with Gasteiger partial charge in [0.1, 0.15) is 0 Å². The SMILES string of the molecule is CC1CNC(=C2C(=O)Nc3ccccc32)C1CCC(=O)O. The minimum Gasteiger partial charge on any atom is -0.481 e. The number of carboxylic acid groups (broad SMARTS) is 1. The highest BCUT2D eigenvalue weighted by molar-refractivity contribution is 6.32. The number of carboxylic acids is 1. The van der Waals surface area contributed by atoms with Gasteiger partial charge in [-0.05, 0) is 18.4 Å². The number of anilines is 1. The molecule has 2 aliphatic rings. The van der Waals surface area contributed by atoms with Gasteiger partial charge < -0.3 is 15.7 Å². The molecule has 0 aromatic heterocycles. The molecule has 0 radical (unpaired) electrons. The zero-order chi connectivity index (χ0) is 15.0. The summed E-state index contributed by atoms with van der Waals surface area (Å²) in [5.41, 5.74) is 3.29. The largest absolute Gasteiger partial charge is 0.481 e. The van der Waals surface area contributed by atoms with Crippen molar-refractivity contribution in [2.45, 2.75) is 19.8 Å². The van der Waals surface area contributed by atoms with Crippen LogP contribution >= 0.6 is 0 Å². The summed E-state index contributed by atoms with van der Waals surface area (Å²) >= 11 is 0. The van der Waals surface area contributed by atoms with E-state index in [4.69, 9.17) is 5.11 Å². The van der Waals surface area contributed by atoms with Crippen molar-refractivity contribution < 1.29 is 14.7 Å². The van der Waals surface area contributed by atoms with Gasteiger partial charge in [0.2, 0.25) is 0 Å². The van der Waals surface area contributed by atoms with Crippen molar-refractivity contribution in [1.29, 1.82) is 0 Å². The molecule has 1 aromatic carbocycles. The molecule has 1 aromatic rings. The molecule has 110 valence electrons. The van der Waals surface area contributed by atoms with E-state index >= 15 is 0 Å². The molecule has 3 N–H and O–H groups in total. The van der Waals surface area contributed by atoms with Crippen LogP contribution in [0, 0.1) is 11.8 Å². The molecule has 5 nitrogen and oxygen atoms in total. The zero-order valence-electron chi connectivity index (χ0n) is 11.8. The molecular formula is C16H18N2O3. The summed E-state index contributed by atoms with van der Waals surface area (Å²) in [5.74, 6) is -0.483. The summed E-state index contributed by atoms with van der Waals surface area (Å²) < 4.78 is 0. The van der Waals surface area contributed by atoms with Crippen LogP contribution in [0.25, 0.3) is 5.57 Å². The van der Waals surface area contributed by atoms with Crippen molar-refractivity contribution in [3.8, 4) is 0 Å². The van der Waals surface area contributed by atoms with Crippen molar-refractivity contribution >= 4 is 23.1 Å². The molecule has 2 atom stereocenters. The van der Waals surface area contributed by atoms with E-state index in [0.29, 0.717) is 17.9 Å². The summed E-state index contributed by atoms with van der Waals surface area (Å²) in [4.78, 5) is 23.1.